The number of rotatable bonds is 5. The maximum Gasteiger partial charge on any atom is 0.303 e. The Morgan fingerprint density at radius 3 is 2.95 bits per heavy atom. The fraction of sp³-hybridized carbons (Fsp3) is 0.214. The van der Waals surface area contributed by atoms with Gasteiger partial charge in [-0.3, -0.25) is 9.48 Å². The molecule has 0 amide bonds. The summed E-state index contributed by atoms with van der Waals surface area (Å²) in [4.78, 5) is 10.5. The Morgan fingerprint density at radius 2 is 2.26 bits per heavy atom. The third-order valence-electron chi connectivity index (χ3n) is 2.84. The number of benzene rings is 1. The second kappa shape index (κ2) is 5.36. The summed E-state index contributed by atoms with van der Waals surface area (Å²) < 4.78 is 1.76. The van der Waals surface area contributed by atoms with Gasteiger partial charge >= 0.3 is 5.97 Å². The van der Waals surface area contributed by atoms with Gasteiger partial charge in [-0.1, -0.05) is 12.2 Å². The number of carboxylic acid groups (broad SMARTS) is 1. The molecule has 1 heterocycles. The SMILES string of the molecule is C=C(CCC(=O)O)Cn1ncc2cc(C#N)ccc21. The van der Waals surface area contributed by atoms with E-state index in [2.05, 4.69) is 17.7 Å². The molecular formula is C14H13N3O2. The Kier molecular flexibility index (Phi) is 3.62. The third kappa shape index (κ3) is 2.99. The number of hydrogen-bond donors (Lipinski definition) is 1. The number of aliphatic carboxylic acids is 1. The lowest BCUT2D eigenvalue weighted by atomic mass is 10.1. The normalized spacial score (nSPS) is 10.3. The molecule has 5 heteroatoms. The van der Waals surface area contributed by atoms with Gasteiger partial charge < -0.3 is 5.11 Å². The summed E-state index contributed by atoms with van der Waals surface area (Å²) in [5.41, 5.74) is 2.32. The monoisotopic (exact) mass is 255 g/mol. The molecule has 0 saturated carbocycles. The molecule has 0 aliphatic heterocycles. The zero-order valence-corrected chi connectivity index (χ0v) is 10.3. The van der Waals surface area contributed by atoms with Crippen LogP contribution >= 0.6 is 0 Å². The van der Waals surface area contributed by atoms with Crippen LogP contribution < -0.4 is 0 Å². The van der Waals surface area contributed by atoms with Crippen molar-refractivity contribution < 1.29 is 9.90 Å². The highest BCUT2D eigenvalue weighted by Gasteiger charge is 2.06. The van der Waals surface area contributed by atoms with E-state index in [9.17, 15) is 4.79 Å². The number of aromatic nitrogens is 2. The second-order valence-corrected chi connectivity index (χ2v) is 4.33. The molecule has 1 N–H and O–H groups in total. The van der Waals surface area contributed by atoms with Crippen LogP contribution in [0.4, 0.5) is 0 Å². The van der Waals surface area contributed by atoms with Gasteiger partial charge in [-0.2, -0.15) is 10.4 Å². The molecule has 0 spiro atoms. The van der Waals surface area contributed by atoms with Gasteiger partial charge in [0.15, 0.2) is 0 Å². The van der Waals surface area contributed by atoms with Crippen molar-refractivity contribution in [2.45, 2.75) is 19.4 Å². The molecule has 2 rings (SSSR count). The van der Waals surface area contributed by atoms with Crippen LogP contribution in [0.25, 0.3) is 10.9 Å². The zero-order chi connectivity index (χ0) is 13.8. The summed E-state index contributed by atoms with van der Waals surface area (Å²) in [7, 11) is 0. The molecular weight excluding hydrogens is 242 g/mol. The maximum absolute atomic E-state index is 10.5. The molecule has 0 bridgehead atoms. The number of carboxylic acids is 1. The second-order valence-electron chi connectivity index (χ2n) is 4.33. The van der Waals surface area contributed by atoms with Crippen LogP contribution in [0.1, 0.15) is 18.4 Å². The van der Waals surface area contributed by atoms with E-state index in [1.54, 1.807) is 23.0 Å². The van der Waals surface area contributed by atoms with Gasteiger partial charge in [-0.15, -0.1) is 0 Å². The van der Waals surface area contributed by atoms with Crippen LogP contribution in [0.5, 0.6) is 0 Å². The summed E-state index contributed by atoms with van der Waals surface area (Å²) in [5.74, 6) is -0.829. The van der Waals surface area contributed by atoms with Crippen molar-refractivity contribution in [3.05, 3.63) is 42.1 Å². The molecule has 0 radical (unpaired) electrons. The van der Waals surface area contributed by atoms with E-state index in [1.807, 2.05) is 6.07 Å². The summed E-state index contributed by atoms with van der Waals surface area (Å²) >= 11 is 0. The Bertz CT molecular complexity index is 680. The van der Waals surface area contributed by atoms with E-state index in [-0.39, 0.29) is 6.42 Å². The van der Waals surface area contributed by atoms with Crippen LogP contribution in [0, 0.1) is 11.3 Å². The first-order chi connectivity index (χ1) is 9.10. The van der Waals surface area contributed by atoms with E-state index in [0.29, 0.717) is 18.5 Å². The van der Waals surface area contributed by atoms with Crippen molar-refractivity contribution >= 4 is 16.9 Å². The van der Waals surface area contributed by atoms with Crippen molar-refractivity contribution in [1.29, 1.82) is 5.26 Å². The first-order valence-electron chi connectivity index (χ1n) is 5.84. The van der Waals surface area contributed by atoms with Crippen molar-refractivity contribution in [3.63, 3.8) is 0 Å². The van der Waals surface area contributed by atoms with Crippen molar-refractivity contribution in [2.75, 3.05) is 0 Å². The average Bonchev–Trinajstić information content (AvgIpc) is 2.78. The van der Waals surface area contributed by atoms with Gasteiger partial charge in [0.2, 0.25) is 0 Å². The van der Waals surface area contributed by atoms with Crippen LogP contribution in [-0.4, -0.2) is 20.9 Å². The molecule has 1 aromatic heterocycles. The maximum atomic E-state index is 10.5. The van der Waals surface area contributed by atoms with Crippen LogP contribution in [-0.2, 0) is 11.3 Å². The Labute approximate surface area is 110 Å². The summed E-state index contributed by atoms with van der Waals surface area (Å²) in [6, 6.07) is 7.43. The lowest BCUT2D eigenvalue weighted by molar-refractivity contribution is -0.136. The number of nitrogens with zero attached hydrogens (tertiary/aromatic N) is 3. The van der Waals surface area contributed by atoms with Gasteiger partial charge in [-0.05, 0) is 24.6 Å². The predicted molar refractivity (Wildman–Crippen MR) is 70.5 cm³/mol. The highest BCUT2D eigenvalue weighted by molar-refractivity contribution is 5.80. The molecule has 2 aromatic rings. The van der Waals surface area contributed by atoms with Crippen molar-refractivity contribution in [3.8, 4) is 6.07 Å². The molecule has 0 aliphatic rings. The molecule has 0 atom stereocenters. The minimum Gasteiger partial charge on any atom is -0.481 e. The minimum absolute atomic E-state index is 0.0800. The summed E-state index contributed by atoms with van der Waals surface area (Å²) in [5, 5.41) is 22.6. The van der Waals surface area contributed by atoms with Gasteiger partial charge in [0.25, 0.3) is 0 Å². The van der Waals surface area contributed by atoms with Crippen LogP contribution in [0.2, 0.25) is 0 Å². The molecule has 0 fully saturated rings. The van der Waals surface area contributed by atoms with Gasteiger partial charge in [0.1, 0.15) is 0 Å². The van der Waals surface area contributed by atoms with Crippen molar-refractivity contribution in [2.24, 2.45) is 0 Å². The highest BCUT2D eigenvalue weighted by atomic mass is 16.4. The molecule has 5 nitrogen and oxygen atoms in total. The lowest BCUT2D eigenvalue weighted by Crippen LogP contribution is -2.04. The highest BCUT2D eigenvalue weighted by Crippen LogP contribution is 2.17. The summed E-state index contributed by atoms with van der Waals surface area (Å²) in [6.45, 7) is 4.35. The Balaban J connectivity index is 2.15. The minimum atomic E-state index is -0.829. The fourth-order valence-electron chi connectivity index (χ4n) is 1.86. The number of carbonyl (C=O) groups is 1. The van der Waals surface area contributed by atoms with E-state index in [1.165, 1.54) is 0 Å². The quantitative estimate of drug-likeness (QED) is 0.831. The van der Waals surface area contributed by atoms with Crippen LogP contribution in [0.15, 0.2) is 36.5 Å². The first-order valence-corrected chi connectivity index (χ1v) is 5.84. The topological polar surface area (TPSA) is 78.9 Å². The molecule has 0 aliphatic carbocycles. The molecule has 96 valence electrons. The zero-order valence-electron chi connectivity index (χ0n) is 10.3. The van der Waals surface area contributed by atoms with E-state index in [4.69, 9.17) is 10.4 Å². The number of nitriles is 1. The van der Waals surface area contributed by atoms with Crippen molar-refractivity contribution in [1.82, 2.24) is 9.78 Å². The van der Waals surface area contributed by atoms with Gasteiger partial charge in [-0.25, -0.2) is 0 Å². The lowest BCUT2D eigenvalue weighted by Gasteiger charge is -2.06. The Hall–Kier alpha value is -2.61. The van der Waals surface area contributed by atoms with E-state index < -0.39 is 5.97 Å². The fourth-order valence-corrected chi connectivity index (χ4v) is 1.86. The smallest absolute Gasteiger partial charge is 0.303 e. The van der Waals surface area contributed by atoms with E-state index >= 15 is 0 Å². The van der Waals surface area contributed by atoms with Crippen LogP contribution in [0.3, 0.4) is 0 Å². The van der Waals surface area contributed by atoms with Gasteiger partial charge in [0, 0.05) is 11.8 Å². The third-order valence-corrected chi connectivity index (χ3v) is 2.84. The molecule has 1 aromatic carbocycles. The number of fused-ring (bicyclic) bond motifs is 1. The number of allylic oxidation sites excluding steroid dienone is 1. The van der Waals surface area contributed by atoms with E-state index in [0.717, 1.165) is 16.5 Å². The largest absolute Gasteiger partial charge is 0.481 e. The summed E-state index contributed by atoms with van der Waals surface area (Å²) in [6.07, 6.45) is 2.21. The molecule has 19 heavy (non-hydrogen) atoms. The number of hydrogen-bond acceptors (Lipinski definition) is 3. The average molecular weight is 255 g/mol. The first kappa shape index (κ1) is 12.8. The molecule has 0 saturated heterocycles. The predicted octanol–water partition coefficient (Wildman–Crippen LogP) is 2.33. The molecule has 0 unspecified atom stereocenters. The standard InChI is InChI=1S/C14H13N3O2/c1-10(2-5-14(18)19)9-17-13-4-3-11(7-15)6-12(13)8-16-17/h3-4,6,8H,1-2,5,9H2,(H,18,19). The Morgan fingerprint density at radius 1 is 1.47 bits per heavy atom. The van der Waals surface area contributed by atoms with Gasteiger partial charge in [0.05, 0.1) is 29.9 Å².